The molecular weight excluding hydrogens is 152 g/mol. The van der Waals surface area contributed by atoms with E-state index in [-0.39, 0.29) is 18.0 Å². The molecule has 3 heteroatoms. The van der Waals surface area contributed by atoms with Crippen LogP contribution >= 0.6 is 0 Å². The van der Waals surface area contributed by atoms with Crippen molar-refractivity contribution in [2.24, 2.45) is 0 Å². The zero-order chi connectivity index (χ0) is 9.56. The highest BCUT2D eigenvalue weighted by Crippen LogP contribution is 1.91. The van der Waals surface area contributed by atoms with Gasteiger partial charge in [-0.05, 0) is 13.8 Å². The zero-order valence-corrected chi connectivity index (χ0v) is 7.85. The van der Waals surface area contributed by atoms with Crippen molar-refractivity contribution < 1.29 is 4.79 Å². The predicted octanol–water partition coefficient (Wildman–Crippen LogP) is 0.122. The molecule has 2 unspecified atom stereocenters. The van der Waals surface area contributed by atoms with Crippen LogP contribution < -0.4 is 10.6 Å². The van der Waals surface area contributed by atoms with E-state index in [1.807, 2.05) is 13.8 Å². The molecule has 0 aromatic carbocycles. The summed E-state index contributed by atoms with van der Waals surface area (Å²) in [6, 6.07) is 0.000602. The molecule has 0 fully saturated rings. The van der Waals surface area contributed by atoms with Crippen LogP contribution in [-0.4, -0.2) is 25.0 Å². The highest BCUT2D eigenvalue weighted by Gasteiger charge is 2.12. The molecule has 0 aromatic heterocycles. The van der Waals surface area contributed by atoms with Gasteiger partial charge in [0.1, 0.15) is 0 Å². The average molecular weight is 168 g/mol. The summed E-state index contributed by atoms with van der Waals surface area (Å²) < 4.78 is 0. The molecule has 0 saturated carbocycles. The van der Waals surface area contributed by atoms with Gasteiger partial charge in [0, 0.05) is 19.5 Å². The van der Waals surface area contributed by atoms with Gasteiger partial charge in [0.25, 0.3) is 0 Å². The first kappa shape index (κ1) is 11.0. The van der Waals surface area contributed by atoms with E-state index in [0.29, 0.717) is 6.42 Å². The van der Waals surface area contributed by atoms with Crippen LogP contribution in [0.25, 0.3) is 0 Å². The third-order valence-corrected chi connectivity index (χ3v) is 1.60. The lowest BCUT2D eigenvalue weighted by Gasteiger charge is -2.16. The second kappa shape index (κ2) is 5.62. The first-order chi connectivity index (χ1) is 5.61. The Hall–Kier alpha value is -1.01. The molecule has 0 aliphatic rings. The molecule has 1 amide bonds. The predicted molar refractivity (Wildman–Crippen MR) is 49.6 cm³/mol. The van der Waals surface area contributed by atoms with E-state index in [0.717, 1.165) is 0 Å². The van der Waals surface area contributed by atoms with Gasteiger partial charge in [-0.3, -0.25) is 4.79 Å². The number of rotatable bonds is 4. The van der Waals surface area contributed by atoms with E-state index in [4.69, 9.17) is 6.42 Å². The Morgan fingerprint density at radius 3 is 2.58 bits per heavy atom. The summed E-state index contributed by atoms with van der Waals surface area (Å²) in [7, 11) is 1.62. The van der Waals surface area contributed by atoms with E-state index in [9.17, 15) is 4.79 Å². The number of amides is 1. The van der Waals surface area contributed by atoms with Crippen molar-refractivity contribution in [2.75, 3.05) is 7.05 Å². The van der Waals surface area contributed by atoms with Gasteiger partial charge >= 0.3 is 0 Å². The third-order valence-electron chi connectivity index (χ3n) is 1.60. The molecule has 12 heavy (non-hydrogen) atoms. The first-order valence-electron chi connectivity index (χ1n) is 4.03. The highest BCUT2D eigenvalue weighted by molar-refractivity contribution is 5.80. The number of hydrogen-bond donors (Lipinski definition) is 2. The summed E-state index contributed by atoms with van der Waals surface area (Å²) >= 11 is 0. The Morgan fingerprint density at radius 1 is 1.58 bits per heavy atom. The SMILES string of the molecule is C#CCC(C)NC(C)C(=O)NC. The first-order valence-corrected chi connectivity index (χ1v) is 4.03. The van der Waals surface area contributed by atoms with Gasteiger partial charge in [-0.2, -0.15) is 0 Å². The van der Waals surface area contributed by atoms with Crippen molar-refractivity contribution in [2.45, 2.75) is 32.4 Å². The van der Waals surface area contributed by atoms with Crippen molar-refractivity contribution in [1.29, 1.82) is 0 Å². The Bertz CT molecular complexity index is 183. The molecule has 0 radical (unpaired) electrons. The van der Waals surface area contributed by atoms with Crippen LogP contribution in [-0.2, 0) is 4.79 Å². The van der Waals surface area contributed by atoms with E-state index < -0.39 is 0 Å². The van der Waals surface area contributed by atoms with Crippen molar-refractivity contribution in [3.63, 3.8) is 0 Å². The highest BCUT2D eigenvalue weighted by atomic mass is 16.2. The number of hydrogen-bond acceptors (Lipinski definition) is 2. The van der Waals surface area contributed by atoms with E-state index >= 15 is 0 Å². The van der Waals surface area contributed by atoms with Gasteiger partial charge in [-0.15, -0.1) is 12.3 Å². The molecule has 0 bridgehead atoms. The number of likely N-dealkylation sites (N-methyl/N-ethyl adjacent to an activating group) is 1. The van der Waals surface area contributed by atoms with Gasteiger partial charge in [-0.1, -0.05) is 0 Å². The Morgan fingerprint density at radius 2 is 2.17 bits per heavy atom. The summed E-state index contributed by atoms with van der Waals surface area (Å²) in [5.74, 6) is 2.52. The topological polar surface area (TPSA) is 41.1 Å². The standard InChI is InChI=1S/C9H16N2O/c1-5-6-7(2)11-8(3)9(12)10-4/h1,7-8,11H,6H2,2-4H3,(H,10,12). The van der Waals surface area contributed by atoms with Gasteiger partial charge in [0.2, 0.25) is 5.91 Å². The number of carbonyl (C=O) groups excluding carboxylic acids is 1. The molecule has 0 aliphatic carbocycles. The van der Waals surface area contributed by atoms with Crippen LogP contribution in [0.1, 0.15) is 20.3 Å². The third kappa shape index (κ3) is 3.99. The van der Waals surface area contributed by atoms with Gasteiger partial charge in [0.05, 0.1) is 6.04 Å². The maximum absolute atomic E-state index is 11.0. The summed E-state index contributed by atoms with van der Waals surface area (Å²) in [6.07, 6.45) is 5.76. The molecule has 0 aromatic rings. The largest absolute Gasteiger partial charge is 0.358 e. The fourth-order valence-corrected chi connectivity index (χ4v) is 0.955. The molecule has 3 nitrogen and oxygen atoms in total. The van der Waals surface area contributed by atoms with Crippen LogP contribution in [0.2, 0.25) is 0 Å². The van der Waals surface area contributed by atoms with Crippen molar-refractivity contribution in [3.8, 4) is 12.3 Å². The van der Waals surface area contributed by atoms with Crippen LogP contribution in [0.4, 0.5) is 0 Å². The fourth-order valence-electron chi connectivity index (χ4n) is 0.955. The summed E-state index contributed by atoms with van der Waals surface area (Å²) in [5, 5.41) is 5.64. The van der Waals surface area contributed by atoms with Crippen LogP contribution in [0, 0.1) is 12.3 Å². The molecule has 2 N–H and O–H groups in total. The van der Waals surface area contributed by atoms with Gasteiger partial charge < -0.3 is 10.6 Å². The second-order valence-corrected chi connectivity index (χ2v) is 2.81. The van der Waals surface area contributed by atoms with E-state index in [1.165, 1.54) is 0 Å². The lowest BCUT2D eigenvalue weighted by atomic mass is 10.2. The summed E-state index contributed by atoms with van der Waals surface area (Å²) in [5.41, 5.74) is 0. The Labute approximate surface area is 73.9 Å². The molecule has 0 saturated heterocycles. The fraction of sp³-hybridized carbons (Fsp3) is 0.667. The molecular formula is C9H16N2O. The maximum Gasteiger partial charge on any atom is 0.236 e. The van der Waals surface area contributed by atoms with Crippen molar-refractivity contribution >= 4 is 5.91 Å². The monoisotopic (exact) mass is 168 g/mol. The Kier molecular flexibility index (Phi) is 5.14. The minimum atomic E-state index is -0.182. The van der Waals surface area contributed by atoms with E-state index in [1.54, 1.807) is 7.05 Å². The van der Waals surface area contributed by atoms with Crippen molar-refractivity contribution in [3.05, 3.63) is 0 Å². The van der Waals surface area contributed by atoms with E-state index in [2.05, 4.69) is 16.6 Å². The number of terminal acetylenes is 1. The van der Waals surface area contributed by atoms with Crippen molar-refractivity contribution in [1.82, 2.24) is 10.6 Å². The lowest BCUT2D eigenvalue weighted by Crippen LogP contribution is -2.44. The minimum absolute atomic E-state index is 0.0149. The van der Waals surface area contributed by atoms with Gasteiger partial charge in [0.15, 0.2) is 0 Å². The normalized spacial score (nSPS) is 14.5. The number of nitrogens with one attached hydrogen (secondary N) is 2. The molecule has 0 rings (SSSR count). The number of carbonyl (C=O) groups is 1. The smallest absolute Gasteiger partial charge is 0.236 e. The molecule has 68 valence electrons. The van der Waals surface area contributed by atoms with Crippen LogP contribution in [0.3, 0.4) is 0 Å². The molecule has 2 atom stereocenters. The average Bonchev–Trinajstić information content (AvgIpc) is 2.03. The van der Waals surface area contributed by atoms with Crippen LogP contribution in [0.15, 0.2) is 0 Å². The quantitative estimate of drug-likeness (QED) is 0.585. The maximum atomic E-state index is 11.0. The summed E-state index contributed by atoms with van der Waals surface area (Å²) in [4.78, 5) is 11.0. The van der Waals surface area contributed by atoms with Gasteiger partial charge in [-0.25, -0.2) is 0 Å². The molecule has 0 spiro atoms. The zero-order valence-electron chi connectivity index (χ0n) is 7.85. The minimum Gasteiger partial charge on any atom is -0.358 e. The molecule has 0 heterocycles. The molecule has 0 aliphatic heterocycles. The summed E-state index contributed by atoms with van der Waals surface area (Å²) in [6.45, 7) is 3.77. The second-order valence-electron chi connectivity index (χ2n) is 2.81. The lowest BCUT2D eigenvalue weighted by molar-refractivity contribution is -0.122. The Balaban J connectivity index is 3.76. The van der Waals surface area contributed by atoms with Crippen LogP contribution in [0.5, 0.6) is 0 Å².